The highest BCUT2D eigenvalue weighted by Crippen LogP contribution is 2.22. The second-order valence-corrected chi connectivity index (χ2v) is 3.63. The van der Waals surface area contributed by atoms with E-state index in [1.807, 2.05) is 0 Å². The van der Waals surface area contributed by atoms with Gasteiger partial charge in [0.05, 0.1) is 5.52 Å². The van der Waals surface area contributed by atoms with Gasteiger partial charge in [0.2, 0.25) is 0 Å². The molecule has 0 amide bonds. The molecular formula is C12H8N4O2. The van der Waals surface area contributed by atoms with Gasteiger partial charge < -0.3 is 5.11 Å². The summed E-state index contributed by atoms with van der Waals surface area (Å²) in [6.07, 6.45) is 4.80. The Morgan fingerprint density at radius 3 is 2.67 bits per heavy atom. The van der Waals surface area contributed by atoms with Gasteiger partial charge in [-0.2, -0.15) is 5.10 Å². The summed E-state index contributed by atoms with van der Waals surface area (Å²) >= 11 is 0. The fraction of sp³-hybridized carbons (Fsp3) is 0. The van der Waals surface area contributed by atoms with E-state index >= 15 is 0 Å². The SMILES string of the molecule is O=C(O)c1c(-c2ncccn2)nn2ccccc12. The quantitative estimate of drug-likeness (QED) is 0.734. The van der Waals surface area contributed by atoms with Crippen molar-refractivity contribution in [3.63, 3.8) is 0 Å². The molecule has 0 radical (unpaired) electrons. The Kier molecular flexibility index (Phi) is 2.26. The van der Waals surface area contributed by atoms with Crippen molar-refractivity contribution in [1.82, 2.24) is 19.6 Å². The molecular weight excluding hydrogens is 232 g/mol. The highest BCUT2D eigenvalue weighted by Gasteiger charge is 2.21. The van der Waals surface area contributed by atoms with Crippen LogP contribution < -0.4 is 0 Å². The summed E-state index contributed by atoms with van der Waals surface area (Å²) in [6.45, 7) is 0. The molecule has 6 heteroatoms. The van der Waals surface area contributed by atoms with E-state index in [2.05, 4.69) is 15.1 Å². The number of hydrogen-bond donors (Lipinski definition) is 1. The lowest BCUT2D eigenvalue weighted by Crippen LogP contribution is -1.99. The Balaban J connectivity index is 2.36. The maximum absolute atomic E-state index is 11.4. The van der Waals surface area contributed by atoms with Gasteiger partial charge in [-0.05, 0) is 18.2 Å². The number of rotatable bonds is 2. The Morgan fingerprint density at radius 1 is 1.17 bits per heavy atom. The van der Waals surface area contributed by atoms with E-state index in [9.17, 15) is 9.90 Å². The number of fused-ring (bicyclic) bond motifs is 1. The zero-order valence-corrected chi connectivity index (χ0v) is 9.19. The number of nitrogens with zero attached hydrogens (tertiary/aromatic N) is 4. The van der Waals surface area contributed by atoms with Gasteiger partial charge in [-0.3, -0.25) is 0 Å². The number of carboxylic acids is 1. The fourth-order valence-electron chi connectivity index (χ4n) is 1.79. The molecule has 1 N–H and O–H groups in total. The van der Waals surface area contributed by atoms with Crippen molar-refractivity contribution in [2.45, 2.75) is 0 Å². The molecule has 3 heterocycles. The van der Waals surface area contributed by atoms with Crippen molar-refractivity contribution < 1.29 is 9.90 Å². The summed E-state index contributed by atoms with van der Waals surface area (Å²) in [5.74, 6) is -0.739. The molecule has 0 aliphatic heterocycles. The van der Waals surface area contributed by atoms with Crippen LogP contribution in [0.15, 0.2) is 42.9 Å². The van der Waals surface area contributed by atoms with Gasteiger partial charge in [-0.1, -0.05) is 6.07 Å². The molecule has 88 valence electrons. The number of carbonyl (C=O) groups is 1. The molecule has 0 saturated carbocycles. The molecule has 3 rings (SSSR count). The van der Waals surface area contributed by atoms with E-state index in [1.165, 1.54) is 4.52 Å². The lowest BCUT2D eigenvalue weighted by molar-refractivity contribution is 0.0699. The molecule has 6 nitrogen and oxygen atoms in total. The zero-order valence-electron chi connectivity index (χ0n) is 9.19. The van der Waals surface area contributed by atoms with Crippen LogP contribution in [0, 0.1) is 0 Å². The normalized spacial score (nSPS) is 10.7. The van der Waals surface area contributed by atoms with Gasteiger partial charge in [0.25, 0.3) is 0 Å². The first-order valence-electron chi connectivity index (χ1n) is 5.25. The van der Waals surface area contributed by atoms with Crippen molar-refractivity contribution in [1.29, 1.82) is 0 Å². The van der Waals surface area contributed by atoms with Gasteiger partial charge >= 0.3 is 5.97 Å². The number of carboxylic acid groups (broad SMARTS) is 1. The number of aromatic carboxylic acids is 1. The molecule has 18 heavy (non-hydrogen) atoms. The van der Waals surface area contributed by atoms with Crippen molar-refractivity contribution >= 4 is 11.5 Å². The second-order valence-electron chi connectivity index (χ2n) is 3.63. The summed E-state index contributed by atoms with van der Waals surface area (Å²) < 4.78 is 1.51. The topological polar surface area (TPSA) is 80.4 Å². The van der Waals surface area contributed by atoms with Gasteiger partial charge in [-0.25, -0.2) is 19.3 Å². The first-order valence-corrected chi connectivity index (χ1v) is 5.25. The molecule has 0 aromatic carbocycles. The van der Waals surface area contributed by atoms with Crippen molar-refractivity contribution in [2.75, 3.05) is 0 Å². The minimum atomic E-state index is -1.04. The van der Waals surface area contributed by atoms with Crippen LogP contribution in [0.1, 0.15) is 10.4 Å². The van der Waals surface area contributed by atoms with Gasteiger partial charge in [0.15, 0.2) is 5.82 Å². The van der Waals surface area contributed by atoms with Crippen LogP contribution in [0.4, 0.5) is 0 Å². The lowest BCUT2D eigenvalue weighted by Gasteiger charge is -1.95. The van der Waals surface area contributed by atoms with E-state index in [0.29, 0.717) is 11.3 Å². The van der Waals surface area contributed by atoms with Crippen LogP contribution in [-0.2, 0) is 0 Å². The average Bonchev–Trinajstić information content (AvgIpc) is 2.79. The van der Waals surface area contributed by atoms with Crippen molar-refractivity contribution in [3.8, 4) is 11.5 Å². The third-order valence-electron chi connectivity index (χ3n) is 2.53. The minimum absolute atomic E-state index is 0.113. The number of pyridine rings is 1. The largest absolute Gasteiger partial charge is 0.478 e. The molecule has 3 aromatic heterocycles. The van der Waals surface area contributed by atoms with Crippen LogP contribution in [0.25, 0.3) is 17.0 Å². The Labute approximate surface area is 102 Å². The van der Waals surface area contributed by atoms with Crippen molar-refractivity contribution in [2.24, 2.45) is 0 Å². The monoisotopic (exact) mass is 240 g/mol. The fourth-order valence-corrected chi connectivity index (χ4v) is 1.79. The molecule has 0 saturated heterocycles. The first kappa shape index (κ1) is 10.4. The first-order chi connectivity index (χ1) is 8.77. The Morgan fingerprint density at radius 2 is 1.94 bits per heavy atom. The van der Waals surface area contributed by atoms with E-state index in [4.69, 9.17) is 0 Å². The molecule has 0 spiro atoms. The van der Waals surface area contributed by atoms with E-state index < -0.39 is 5.97 Å². The number of hydrogen-bond acceptors (Lipinski definition) is 4. The van der Waals surface area contributed by atoms with E-state index in [0.717, 1.165) is 0 Å². The number of aromatic nitrogens is 4. The molecule has 0 fully saturated rings. The molecule has 0 aliphatic carbocycles. The molecule has 0 unspecified atom stereocenters. The van der Waals surface area contributed by atoms with E-state index in [1.54, 1.807) is 42.9 Å². The Hall–Kier alpha value is -2.76. The highest BCUT2D eigenvalue weighted by molar-refractivity contribution is 6.01. The maximum Gasteiger partial charge on any atom is 0.340 e. The van der Waals surface area contributed by atoms with Crippen LogP contribution in [0.5, 0.6) is 0 Å². The van der Waals surface area contributed by atoms with E-state index in [-0.39, 0.29) is 11.3 Å². The maximum atomic E-state index is 11.4. The van der Waals surface area contributed by atoms with Gasteiger partial charge in [-0.15, -0.1) is 0 Å². The predicted octanol–water partition coefficient (Wildman–Crippen LogP) is 1.49. The average molecular weight is 240 g/mol. The van der Waals surface area contributed by atoms with Gasteiger partial charge in [0.1, 0.15) is 11.3 Å². The minimum Gasteiger partial charge on any atom is -0.478 e. The summed E-state index contributed by atoms with van der Waals surface area (Å²) in [5, 5.41) is 13.5. The molecule has 0 bridgehead atoms. The predicted molar refractivity (Wildman–Crippen MR) is 63.2 cm³/mol. The molecule has 0 aliphatic rings. The third-order valence-corrected chi connectivity index (χ3v) is 2.53. The standard InChI is InChI=1S/C12H8N4O2/c17-12(18)9-8-4-1-2-7-16(8)15-10(9)11-13-5-3-6-14-11/h1-7H,(H,17,18). The lowest BCUT2D eigenvalue weighted by atomic mass is 10.2. The van der Waals surface area contributed by atoms with Crippen molar-refractivity contribution in [3.05, 3.63) is 48.4 Å². The smallest absolute Gasteiger partial charge is 0.340 e. The summed E-state index contributed by atoms with van der Waals surface area (Å²) in [5.41, 5.74) is 0.906. The summed E-state index contributed by atoms with van der Waals surface area (Å²) in [6, 6.07) is 6.91. The molecule has 3 aromatic rings. The van der Waals surface area contributed by atoms with Crippen LogP contribution >= 0.6 is 0 Å². The third kappa shape index (κ3) is 1.51. The van der Waals surface area contributed by atoms with Crippen LogP contribution in [0.2, 0.25) is 0 Å². The molecule has 0 atom stereocenters. The Bertz CT molecular complexity index is 721. The van der Waals surface area contributed by atoms with Gasteiger partial charge in [0, 0.05) is 18.6 Å². The summed E-state index contributed by atoms with van der Waals surface area (Å²) in [7, 11) is 0. The zero-order chi connectivity index (χ0) is 12.5. The van der Waals surface area contributed by atoms with Crippen LogP contribution in [-0.4, -0.2) is 30.7 Å². The highest BCUT2D eigenvalue weighted by atomic mass is 16.4. The second kappa shape index (κ2) is 3.92. The van der Waals surface area contributed by atoms with Crippen LogP contribution in [0.3, 0.4) is 0 Å². The summed E-state index contributed by atoms with van der Waals surface area (Å²) in [4.78, 5) is 19.4.